The van der Waals surface area contributed by atoms with Gasteiger partial charge in [0.15, 0.2) is 0 Å². The zero-order chi connectivity index (χ0) is 17.9. The van der Waals surface area contributed by atoms with Gasteiger partial charge in [0, 0.05) is 17.9 Å². The molecule has 0 fully saturated rings. The molecule has 5 heteroatoms. The van der Waals surface area contributed by atoms with Gasteiger partial charge in [-0.15, -0.1) is 11.8 Å². The van der Waals surface area contributed by atoms with Gasteiger partial charge in [-0.1, -0.05) is 48.5 Å². The summed E-state index contributed by atoms with van der Waals surface area (Å²) in [6.45, 7) is 2.62. The number of carbonyl (C=O) groups excluding carboxylic acids is 2. The lowest BCUT2D eigenvalue weighted by atomic mass is 10.1. The highest BCUT2D eigenvalue weighted by molar-refractivity contribution is 8.00. The Morgan fingerprint density at radius 1 is 1.04 bits per heavy atom. The van der Waals surface area contributed by atoms with Crippen LogP contribution in [0.3, 0.4) is 0 Å². The highest BCUT2D eigenvalue weighted by Crippen LogP contribution is 2.35. The molecule has 1 amide bonds. The smallest absolute Gasteiger partial charge is 0.305 e. The lowest BCUT2D eigenvalue weighted by Gasteiger charge is -2.17. The van der Waals surface area contributed by atoms with Gasteiger partial charge < -0.3 is 10.1 Å². The number of amides is 1. The lowest BCUT2D eigenvalue weighted by molar-refractivity contribution is -0.143. The van der Waals surface area contributed by atoms with Crippen LogP contribution in [0.5, 0.6) is 0 Å². The molecule has 132 valence electrons. The van der Waals surface area contributed by atoms with E-state index in [9.17, 15) is 9.59 Å². The molecule has 2 rings (SSSR count). The number of rotatable bonds is 9. The largest absolute Gasteiger partial charge is 0.466 e. The van der Waals surface area contributed by atoms with E-state index in [-0.39, 0.29) is 17.1 Å². The third-order valence-electron chi connectivity index (χ3n) is 3.50. The Balaban J connectivity index is 1.95. The van der Waals surface area contributed by atoms with E-state index in [0.717, 1.165) is 10.5 Å². The molecule has 0 saturated heterocycles. The molecule has 4 nitrogen and oxygen atoms in total. The van der Waals surface area contributed by atoms with Crippen molar-refractivity contribution in [3.05, 3.63) is 66.2 Å². The van der Waals surface area contributed by atoms with Crippen molar-refractivity contribution in [3.8, 4) is 0 Å². The molecule has 1 unspecified atom stereocenters. The van der Waals surface area contributed by atoms with Gasteiger partial charge in [0.05, 0.1) is 6.61 Å². The first-order valence-corrected chi connectivity index (χ1v) is 9.28. The molecule has 0 aromatic heterocycles. The summed E-state index contributed by atoms with van der Waals surface area (Å²) in [5, 5.41) is 2.60. The summed E-state index contributed by atoms with van der Waals surface area (Å²) in [6, 6.07) is 19.6. The second-order valence-electron chi connectivity index (χ2n) is 5.42. The normalized spacial score (nSPS) is 11.6. The van der Waals surface area contributed by atoms with E-state index in [2.05, 4.69) is 5.32 Å². The molecule has 0 aliphatic heterocycles. The average molecular weight is 357 g/mol. The van der Waals surface area contributed by atoms with Crippen LogP contribution in [0.15, 0.2) is 65.6 Å². The van der Waals surface area contributed by atoms with Crippen LogP contribution in [-0.4, -0.2) is 25.0 Å². The van der Waals surface area contributed by atoms with Crippen LogP contribution in [0, 0.1) is 0 Å². The summed E-state index contributed by atoms with van der Waals surface area (Å²) in [7, 11) is 0. The second-order valence-corrected chi connectivity index (χ2v) is 6.60. The lowest BCUT2D eigenvalue weighted by Crippen LogP contribution is -2.29. The molecule has 0 heterocycles. The minimum absolute atomic E-state index is 0.0519. The molecular formula is C20H23NO3S. The first-order chi connectivity index (χ1) is 12.2. The quantitative estimate of drug-likeness (QED) is 0.419. The molecule has 0 bridgehead atoms. The molecule has 1 N–H and O–H groups in total. The molecule has 25 heavy (non-hydrogen) atoms. The Kier molecular flexibility index (Phi) is 8.05. The van der Waals surface area contributed by atoms with Gasteiger partial charge in [0.2, 0.25) is 5.91 Å². The van der Waals surface area contributed by atoms with E-state index >= 15 is 0 Å². The van der Waals surface area contributed by atoms with Gasteiger partial charge in [0.1, 0.15) is 5.25 Å². The number of hydrogen-bond donors (Lipinski definition) is 1. The van der Waals surface area contributed by atoms with Crippen molar-refractivity contribution in [2.24, 2.45) is 0 Å². The van der Waals surface area contributed by atoms with Crippen molar-refractivity contribution >= 4 is 23.6 Å². The van der Waals surface area contributed by atoms with Crippen molar-refractivity contribution in [3.63, 3.8) is 0 Å². The van der Waals surface area contributed by atoms with Crippen molar-refractivity contribution in [1.29, 1.82) is 0 Å². The number of thioether (sulfide) groups is 1. The Hall–Kier alpha value is -2.27. The van der Waals surface area contributed by atoms with E-state index in [1.807, 2.05) is 60.7 Å². The Morgan fingerprint density at radius 2 is 1.68 bits per heavy atom. The standard InChI is InChI=1S/C20H23NO3S/c1-2-24-18(22)14-9-15-21-20(23)19(16-10-5-3-6-11-16)25-17-12-7-4-8-13-17/h3-8,10-13,19H,2,9,14-15H2,1H3,(H,21,23). The van der Waals surface area contributed by atoms with E-state index in [0.29, 0.717) is 26.0 Å². The molecule has 0 spiro atoms. The Morgan fingerprint density at radius 3 is 2.32 bits per heavy atom. The number of nitrogens with one attached hydrogen (secondary N) is 1. The summed E-state index contributed by atoms with van der Waals surface area (Å²) in [4.78, 5) is 25.1. The second kappa shape index (κ2) is 10.6. The van der Waals surface area contributed by atoms with E-state index < -0.39 is 0 Å². The zero-order valence-electron chi connectivity index (χ0n) is 14.3. The van der Waals surface area contributed by atoms with Crippen molar-refractivity contribution in [2.45, 2.75) is 29.9 Å². The number of carbonyl (C=O) groups is 2. The highest BCUT2D eigenvalue weighted by atomic mass is 32.2. The fourth-order valence-corrected chi connectivity index (χ4v) is 3.38. The fourth-order valence-electron chi connectivity index (χ4n) is 2.31. The molecular weight excluding hydrogens is 334 g/mol. The Bertz CT molecular complexity index is 661. The average Bonchev–Trinajstić information content (AvgIpc) is 2.65. The Labute approximate surface area is 153 Å². The predicted octanol–water partition coefficient (Wildman–Crippen LogP) is 3.98. The van der Waals surface area contributed by atoms with Crippen LogP contribution in [0.4, 0.5) is 0 Å². The van der Waals surface area contributed by atoms with Crippen molar-refractivity contribution < 1.29 is 14.3 Å². The summed E-state index contributed by atoms with van der Waals surface area (Å²) in [5.74, 6) is -0.279. The van der Waals surface area contributed by atoms with Crippen LogP contribution < -0.4 is 5.32 Å². The van der Waals surface area contributed by atoms with E-state index in [1.165, 1.54) is 11.8 Å². The highest BCUT2D eigenvalue weighted by Gasteiger charge is 2.21. The van der Waals surface area contributed by atoms with Crippen LogP contribution in [0.1, 0.15) is 30.6 Å². The van der Waals surface area contributed by atoms with E-state index in [1.54, 1.807) is 6.92 Å². The minimum Gasteiger partial charge on any atom is -0.466 e. The van der Waals surface area contributed by atoms with Crippen molar-refractivity contribution in [2.75, 3.05) is 13.2 Å². The predicted molar refractivity (Wildman–Crippen MR) is 100 cm³/mol. The molecule has 0 saturated carbocycles. The maximum atomic E-state index is 12.7. The van der Waals surface area contributed by atoms with Gasteiger partial charge in [-0.2, -0.15) is 0 Å². The van der Waals surface area contributed by atoms with Crippen LogP contribution in [0.2, 0.25) is 0 Å². The first-order valence-electron chi connectivity index (χ1n) is 8.40. The first kappa shape index (κ1) is 19.1. The summed E-state index contributed by atoms with van der Waals surface area (Å²) in [5.41, 5.74) is 0.958. The number of benzene rings is 2. The summed E-state index contributed by atoms with van der Waals surface area (Å²) in [6.07, 6.45) is 0.887. The zero-order valence-corrected chi connectivity index (χ0v) is 15.1. The van der Waals surface area contributed by atoms with Crippen LogP contribution in [-0.2, 0) is 14.3 Å². The molecule has 0 aliphatic carbocycles. The third-order valence-corrected chi connectivity index (χ3v) is 4.77. The van der Waals surface area contributed by atoms with Gasteiger partial charge in [-0.05, 0) is 31.0 Å². The van der Waals surface area contributed by atoms with Gasteiger partial charge in [0.25, 0.3) is 0 Å². The number of hydrogen-bond acceptors (Lipinski definition) is 4. The van der Waals surface area contributed by atoms with Gasteiger partial charge in [-0.3, -0.25) is 9.59 Å². The molecule has 2 aromatic carbocycles. The number of esters is 1. The van der Waals surface area contributed by atoms with Crippen molar-refractivity contribution in [1.82, 2.24) is 5.32 Å². The van der Waals surface area contributed by atoms with Crippen LogP contribution >= 0.6 is 11.8 Å². The van der Waals surface area contributed by atoms with Crippen LogP contribution in [0.25, 0.3) is 0 Å². The topological polar surface area (TPSA) is 55.4 Å². The number of ether oxygens (including phenoxy) is 1. The molecule has 0 aliphatic rings. The molecule has 2 aromatic rings. The van der Waals surface area contributed by atoms with Gasteiger partial charge in [-0.25, -0.2) is 0 Å². The summed E-state index contributed by atoms with van der Waals surface area (Å²) < 4.78 is 4.89. The maximum Gasteiger partial charge on any atom is 0.305 e. The third kappa shape index (κ3) is 6.63. The van der Waals surface area contributed by atoms with Gasteiger partial charge >= 0.3 is 5.97 Å². The molecule has 0 radical (unpaired) electrons. The maximum absolute atomic E-state index is 12.7. The summed E-state index contributed by atoms with van der Waals surface area (Å²) >= 11 is 1.52. The minimum atomic E-state index is -0.328. The monoisotopic (exact) mass is 357 g/mol. The fraction of sp³-hybridized carbons (Fsp3) is 0.300. The molecule has 1 atom stereocenters. The SMILES string of the molecule is CCOC(=O)CCCNC(=O)C(Sc1ccccc1)c1ccccc1. The van der Waals surface area contributed by atoms with E-state index in [4.69, 9.17) is 4.74 Å².